The minimum atomic E-state index is -0.340. The summed E-state index contributed by atoms with van der Waals surface area (Å²) in [7, 11) is 0. The molecule has 0 bridgehead atoms. The van der Waals surface area contributed by atoms with Gasteiger partial charge in [-0.1, -0.05) is 54.8 Å². The van der Waals surface area contributed by atoms with Gasteiger partial charge in [0.25, 0.3) is 0 Å². The van der Waals surface area contributed by atoms with Gasteiger partial charge in [0.2, 0.25) is 11.8 Å². The maximum Gasteiger partial charge on any atom is 0.226 e. The molecular formula is C23H28N2O2S. The lowest BCUT2D eigenvalue weighted by molar-refractivity contribution is -0.120. The van der Waals surface area contributed by atoms with E-state index >= 15 is 0 Å². The van der Waals surface area contributed by atoms with Crippen molar-refractivity contribution in [3.05, 3.63) is 59.7 Å². The molecule has 3 rings (SSSR count). The van der Waals surface area contributed by atoms with Crippen LogP contribution in [0.5, 0.6) is 0 Å². The molecule has 1 saturated carbocycles. The van der Waals surface area contributed by atoms with E-state index in [0.717, 1.165) is 21.7 Å². The second-order valence-corrected chi connectivity index (χ2v) is 8.78. The van der Waals surface area contributed by atoms with Crippen molar-refractivity contribution in [2.45, 2.75) is 62.1 Å². The van der Waals surface area contributed by atoms with Crippen molar-refractivity contribution < 1.29 is 9.59 Å². The van der Waals surface area contributed by atoms with Gasteiger partial charge in [0.05, 0.1) is 18.2 Å². The standard InChI is InChI=1S/C23H28N2O2S/c1-16-11-13-18(14-12-16)21(24-17(2)26)15-23(27)25-20-9-5-6-10-22(20)28-19-7-3-4-8-19/h5-6,9-14,19,21H,3-4,7-8,15H2,1-2H3,(H,24,26)(H,25,27). The molecule has 0 radical (unpaired) electrons. The summed E-state index contributed by atoms with van der Waals surface area (Å²) in [6, 6.07) is 15.6. The van der Waals surface area contributed by atoms with E-state index in [2.05, 4.69) is 16.7 Å². The van der Waals surface area contributed by atoms with E-state index in [0.29, 0.717) is 5.25 Å². The van der Waals surface area contributed by atoms with Crippen molar-refractivity contribution in [1.82, 2.24) is 5.32 Å². The molecule has 0 aromatic heterocycles. The van der Waals surface area contributed by atoms with Gasteiger partial charge >= 0.3 is 0 Å². The molecule has 28 heavy (non-hydrogen) atoms. The van der Waals surface area contributed by atoms with Crippen LogP contribution in [0.4, 0.5) is 5.69 Å². The van der Waals surface area contributed by atoms with Gasteiger partial charge in [0.1, 0.15) is 0 Å². The van der Waals surface area contributed by atoms with E-state index in [1.807, 2.05) is 61.2 Å². The van der Waals surface area contributed by atoms with Gasteiger partial charge in [-0.3, -0.25) is 9.59 Å². The average molecular weight is 397 g/mol. The Morgan fingerprint density at radius 1 is 1.07 bits per heavy atom. The number of para-hydroxylation sites is 1. The first kappa shape index (κ1) is 20.5. The van der Waals surface area contributed by atoms with E-state index in [-0.39, 0.29) is 24.3 Å². The molecule has 2 N–H and O–H groups in total. The summed E-state index contributed by atoms with van der Waals surface area (Å²) < 4.78 is 0. The van der Waals surface area contributed by atoms with Crippen LogP contribution in [0.15, 0.2) is 53.4 Å². The maximum atomic E-state index is 12.8. The number of carbonyl (C=O) groups excluding carboxylic acids is 2. The monoisotopic (exact) mass is 396 g/mol. The average Bonchev–Trinajstić information content (AvgIpc) is 3.16. The maximum absolute atomic E-state index is 12.8. The number of hydrogen-bond acceptors (Lipinski definition) is 3. The number of thioether (sulfide) groups is 1. The molecule has 1 atom stereocenters. The Kier molecular flexibility index (Phi) is 7.15. The van der Waals surface area contributed by atoms with Crippen LogP contribution in [0.1, 0.15) is 56.2 Å². The number of benzene rings is 2. The van der Waals surface area contributed by atoms with E-state index in [1.54, 1.807) is 0 Å². The van der Waals surface area contributed by atoms with Crippen LogP contribution in [-0.2, 0) is 9.59 Å². The molecule has 2 amide bonds. The lowest BCUT2D eigenvalue weighted by atomic mass is 10.0. The zero-order chi connectivity index (χ0) is 19.9. The van der Waals surface area contributed by atoms with E-state index in [4.69, 9.17) is 0 Å². The van der Waals surface area contributed by atoms with Gasteiger partial charge in [0.15, 0.2) is 0 Å². The minimum absolute atomic E-state index is 0.0983. The van der Waals surface area contributed by atoms with Crippen molar-refractivity contribution in [2.24, 2.45) is 0 Å². The highest BCUT2D eigenvalue weighted by Crippen LogP contribution is 2.38. The fraction of sp³-hybridized carbons (Fsp3) is 0.391. The lowest BCUT2D eigenvalue weighted by Gasteiger charge is -2.19. The molecule has 2 aromatic carbocycles. The lowest BCUT2D eigenvalue weighted by Crippen LogP contribution is -2.29. The van der Waals surface area contributed by atoms with Gasteiger partial charge in [-0.2, -0.15) is 0 Å². The van der Waals surface area contributed by atoms with Crippen LogP contribution in [0, 0.1) is 6.92 Å². The van der Waals surface area contributed by atoms with Crippen LogP contribution in [-0.4, -0.2) is 17.1 Å². The van der Waals surface area contributed by atoms with Gasteiger partial charge in [-0.15, -0.1) is 11.8 Å². The van der Waals surface area contributed by atoms with Crippen molar-refractivity contribution in [1.29, 1.82) is 0 Å². The molecule has 1 fully saturated rings. The Morgan fingerprint density at radius 3 is 2.43 bits per heavy atom. The van der Waals surface area contributed by atoms with Crippen LogP contribution in [0.25, 0.3) is 0 Å². The van der Waals surface area contributed by atoms with Crippen LogP contribution in [0.2, 0.25) is 0 Å². The molecule has 1 aliphatic carbocycles. The number of rotatable bonds is 7. The summed E-state index contributed by atoms with van der Waals surface area (Å²) in [6.07, 6.45) is 5.27. The molecule has 2 aromatic rings. The molecule has 1 unspecified atom stereocenters. The third-order valence-corrected chi connectivity index (χ3v) is 6.42. The van der Waals surface area contributed by atoms with Crippen molar-refractivity contribution in [2.75, 3.05) is 5.32 Å². The number of nitrogens with one attached hydrogen (secondary N) is 2. The topological polar surface area (TPSA) is 58.2 Å². The van der Waals surface area contributed by atoms with Gasteiger partial charge < -0.3 is 10.6 Å². The number of hydrogen-bond donors (Lipinski definition) is 2. The second kappa shape index (κ2) is 9.78. The molecule has 1 aliphatic rings. The zero-order valence-corrected chi connectivity index (χ0v) is 17.4. The Labute approximate surface area is 171 Å². The fourth-order valence-electron chi connectivity index (χ4n) is 3.54. The smallest absolute Gasteiger partial charge is 0.226 e. The molecule has 0 aliphatic heterocycles. The predicted octanol–water partition coefficient (Wildman–Crippen LogP) is 5.24. The molecule has 0 saturated heterocycles. The first-order chi connectivity index (χ1) is 13.5. The Bertz CT molecular complexity index is 814. The van der Waals surface area contributed by atoms with Gasteiger partial charge in [-0.25, -0.2) is 0 Å². The summed E-state index contributed by atoms with van der Waals surface area (Å²) >= 11 is 1.86. The summed E-state index contributed by atoms with van der Waals surface area (Å²) in [5, 5.41) is 6.60. The normalized spacial score (nSPS) is 15.2. The second-order valence-electron chi connectivity index (χ2n) is 7.44. The number of carbonyl (C=O) groups is 2. The van der Waals surface area contributed by atoms with Gasteiger partial charge in [-0.05, 0) is 37.5 Å². The van der Waals surface area contributed by atoms with Crippen molar-refractivity contribution in [3.8, 4) is 0 Å². The fourth-order valence-corrected chi connectivity index (χ4v) is 4.87. The van der Waals surface area contributed by atoms with Crippen LogP contribution >= 0.6 is 11.8 Å². The van der Waals surface area contributed by atoms with E-state index < -0.39 is 0 Å². The Morgan fingerprint density at radius 2 is 1.75 bits per heavy atom. The molecule has 5 heteroatoms. The third-order valence-electron chi connectivity index (χ3n) is 5.00. The highest BCUT2D eigenvalue weighted by Gasteiger charge is 2.20. The summed E-state index contributed by atoms with van der Waals surface area (Å²) in [5.41, 5.74) is 2.94. The van der Waals surface area contributed by atoms with Crippen LogP contribution in [0.3, 0.4) is 0 Å². The summed E-state index contributed by atoms with van der Waals surface area (Å²) in [4.78, 5) is 25.5. The summed E-state index contributed by atoms with van der Waals surface area (Å²) in [6.45, 7) is 3.50. The van der Waals surface area contributed by atoms with E-state index in [1.165, 1.54) is 32.6 Å². The highest BCUT2D eigenvalue weighted by molar-refractivity contribution is 8.00. The molecule has 4 nitrogen and oxygen atoms in total. The van der Waals surface area contributed by atoms with Crippen molar-refractivity contribution >= 4 is 29.3 Å². The van der Waals surface area contributed by atoms with Crippen molar-refractivity contribution in [3.63, 3.8) is 0 Å². The summed E-state index contributed by atoms with van der Waals surface area (Å²) in [5.74, 6) is -0.241. The SMILES string of the molecule is CC(=O)NC(CC(=O)Nc1ccccc1SC1CCCC1)c1ccc(C)cc1. The Hall–Kier alpha value is -2.27. The van der Waals surface area contributed by atoms with Gasteiger partial charge in [0, 0.05) is 17.1 Å². The molecule has 0 heterocycles. The molecular weight excluding hydrogens is 368 g/mol. The first-order valence-corrected chi connectivity index (χ1v) is 10.8. The largest absolute Gasteiger partial charge is 0.349 e. The molecule has 148 valence electrons. The predicted molar refractivity (Wildman–Crippen MR) is 116 cm³/mol. The first-order valence-electron chi connectivity index (χ1n) is 9.90. The van der Waals surface area contributed by atoms with Crippen LogP contribution < -0.4 is 10.6 Å². The highest BCUT2D eigenvalue weighted by atomic mass is 32.2. The minimum Gasteiger partial charge on any atom is -0.349 e. The van der Waals surface area contributed by atoms with E-state index in [9.17, 15) is 9.59 Å². The number of anilines is 1. The molecule has 0 spiro atoms. The Balaban J connectivity index is 1.69. The third kappa shape index (κ3) is 5.86. The number of amides is 2. The number of aryl methyl sites for hydroxylation is 1. The quantitative estimate of drug-likeness (QED) is 0.673. The zero-order valence-electron chi connectivity index (χ0n) is 16.5.